The summed E-state index contributed by atoms with van der Waals surface area (Å²) in [5, 5.41) is 18.7. The third-order valence-electron chi connectivity index (χ3n) is 2.86. The Hall–Kier alpha value is 0.137. The molecule has 3 heteroatoms. The average molecular weight is 188 g/mol. The van der Waals surface area contributed by atoms with Crippen molar-refractivity contribution < 1.29 is 10.2 Å². The smallest absolute Gasteiger partial charge is 0.0801 e. The van der Waals surface area contributed by atoms with Gasteiger partial charge in [-0.2, -0.15) is 0 Å². The fourth-order valence-electron chi connectivity index (χ4n) is 1.97. The van der Waals surface area contributed by atoms with Gasteiger partial charge in [0.15, 0.2) is 0 Å². The molecule has 3 atom stereocenters. The predicted octanol–water partition coefficient (Wildman–Crippen LogP) is 0.534. The summed E-state index contributed by atoms with van der Waals surface area (Å²) in [5.74, 6) is 0.691. The first-order chi connectivity index (χ1) is 5.74. The number of aliphatic hydroxyl groups is 2. The zero-order chi connectivity index (χ0) is 8.97. The largest absolute Gasteiger partial charge is 0.390 e. The third-order valence-corrected chi connectivity index (χ3v) is 3.97. The number of rotatable bonds is 3. The Balaban J connectivity index is 2.21. The Morgan fingerprint density at radius 1 is 1.25 bits per heavy atom. The summed E-state index contributed by atoms with van der Waals surface area (Å²) < 4.78 is 0. The Bertz CT molecular complexity index is 128. The van der Waals surface area contributed by atoms with Crippen LogP contribution in [0.1, 0.15) is 25.7 Å². The lowest BCUT2D eigenvalue weighted by Gasteiger charge is -2.29. The molecule has 1 aliphatic carbocycles. The Morgan fingerprint density at radius 2 is 2.00 bits per heavy atom. The van der Waals surface area contributed by atoms with Crippen LogP contribution < -0.4 is 0 Å². The third kappa shape index (κ3) is 2.88. The molecule has 2 nitrogen and oxygen atoms in total. The van der Waals surface area contributed by atoms with Gasteiger partial charge in [-0.25, -0.2) is 0 Å². The van der Waals surface area contributed by atoms with E-state index in [1.165, 1.54) is 12.5 Å². The van der Waals surface area contributed by atoms with Crippen molar-refractivity contribution in [1.82, 2.24) is 0 Å². The Labute approximate surface area is 76.8 Å². The highest BCUT2D eigenvalue weighted by molar-refractivity contribution is 6.33. The van der Waals surface area contributed by atoms with E-state index in [2.05, 4.69) is 6.55 Å². The molecular weight excluding hydrogens is 168 g/mol. The first kappa shape index (κ1) is 10.2. The topological polar surface area (TPSA) is 40.5 Å². The van der Waals surface area contributed by atoms with E-state index in [1.54, 1.807) is 0 Å². The van der Waals surface area contributed by atoms with E-state index in [1.807, 2.05) is 0 Å². The van der Waals surface area contributed by atoms with E-state index in [4.69, 9.17) is 0 Å². The molecule has 0 aromatic heterocycles. The van der Waals surface area contributed by atoms with Gasteiger partial charge in [0, 0.05) is 9.52 Å². The average Bonchev–Trinajstić information content (AvgIpc) is 2.07. The van der Waals surface area contributed by atoms with E-state index >= 15 is 0 Å². The zero-order valence-electron chi connectivity index (χ0n) is 7.87. The van der Waals surface area contributed by atoms with Crippen molar-refractivity contribution in [2.75, 3.05) is 0 Å². The molecule has 0 bridgehead atoms. The molecule has 0 radical (unpaired) electrons. The van der Waals surface area contributed by atoms with Crippen molar-refractivity contribution in [3.8, 4) is 0 Å². The Morgan fingerprint density at radius 3 is 2.58 bits per heavy atom. The molecule has 0 aromatic rings. The van der Waals surface area contributed by atoms with Crippen molar-refractivity contribution in [3.63, 3.8) is 0 Å². The molecule has 3 unspecified atom stereocenters. The van der Waals surface area contributed by atoms with Crippen molar-refractivity contribution in [3.05, 3.63) is 0 Å². The molecule has 1 rings (SSSR count). The fourth-order valence-corrected chi connectivity index (χ4v) is 2.96. The molecular formula is C9H20O2Si. The van der Waals surface area contributed by atoms with Crippen molar-refractivity contribution in [2.45, 2.75) is 50.5 Å². The second-order valence-corrected chi connectivity index (χ2v) is 5.66. The quantitative estimate of drug-likeness (QED) is 0.634. The van der Waals surface area contributed by atoms with Gasteiger partial charge < -0.3 is 10.2 Å². The van der Waals surface area contributed by atoms with Gasteiger partial charge in [-0.3, -0.25) is 0 Å². The molecule has 2 N–H and O–H groups in total. The first-order valence-electron chi connectivity index (χ1n) is 5.10. The van der Waals surface area contributed by atoms with Crippen LogP contribution in [-0.2, 0) is 0 Å². The first-order valence-corrected chi connectivity index (χ1v) is 7.51. The van der Waals surface area contributed by atoms with Gasteiger partial charge in [-0.1, -0.05) is 19.0 Å². The summed E-state index contributed by atoms with van der Waals surface area (Å²) in [6.07, 6.45) is 3.15. The highest BCUT2D eigenvalue weighted by Crippen LogP contribution is 2.28. The van der Waals surface area contributed by atoms with Crippen LogP contribution in [0.2, 0.25) is 12.6 Å². The molecule has 0 spiro atoms. The summed E-state index contributed by atoms with van der Waals surface area (Å²) in [6, 6.07) is 1.40. The normalized spacial score (nSPS) is 37.8. The summed E-state index contributed by atoms with van der Waals surface area (Å²) in [4.78, 5) is 0. The molecule has 0 aliphatic heterocycles. The minimum Gasteiger partial charge on any atom is -0.390 e. The second kappa shape index (κ2) is 4.99. The second-order valence-electron chi connectivity index (χ2n) is 3.96. The van der Waals surface area contributed by atoms with Crippen LogP contribution in [0.4, 0.5) is 0 Å². The van der Waals surface area contributed by atoms with E-state index in [0.29, 0.717) is 5.92 Å². The number of hydrogen-bond acceptors (Lipinski definition) is 2. The van der Waals surface area contributed by atoms with Gasteiger partial charge >= 0.3 is 0 Å². The van der Waals surface area contributed by atoms with Gasteiger partial charge in [0.1, 0.15) is 0 Å². The molecule has 0 aromatic carbocycles. The lowest BCUT2D eigenvalue weighted by Crippen LogP contribution is -2.33. The highest BCUT2D eigenvalue weighted by Gasteiger charge is 2.26. The predicted molar refractivity (Wildman–Crippen MR) is 53.2 cm³/mol. The van der Waals surface area contributed by atoms with Crippen LogP contribution in [0.15, 0.2) is 0 Å². The molecule has 1 aliphatic rings. The Kier molecular flexibility index (Phi) is 4.25. The number of aliphatic hydroxyl groups excluding tert-OH is 2. The lowest BCUT2D eigenvalue weighted by molar-refractivity contribution is -0.0257. The lowest BCUT2D eigenvalue weighted by atomic mass is 9.84. The standard InChI is InChI=1S/C9H20O2Si/c1-12-5-4-7-2-3-8(10)9(11)6-7/h7-11H,2-6,12H2,1H3. The molecule has 0 saturated heterocycles. The maximum Gasteiger partial charge on any atom is 0.0801 e. The molecule has 1 saturated carbocycles. The van der Waals surface area contributed by atoms with Crippen LogP contribution in [0, 0.1) is 5.92 Å². The molecule has 72 valence electrons. The number of hydrogen-bond donors (Lipinski definition) is 2. The minimum absolute atomic E-state index is 0.195. The maximum atomic E-state index is 9.41. The summed E-state index contributed by atoms with van der Waals surface area (Å²) in [7, 11) is 0.195. The minimum atomic E-state index is -0.444. The van der Waals surface area contributed by atoms with Crippen molar-refractivity contribution in [2.24, 2.45) is 5.92 Å². The highest BCUT2D eigenvalue weighted by atomic mass is 28.2. The van der Waals surface area contributed by atoms with Crippen LogP contribution in [0.5, 0.6) is 0 Å². The summed E-state index contributed by atoms with van der Waals surface area (Å²) in [5.41, 5.74) is 0. The van der Waals surface area contributed by atoms with Gasteiger partial charge in [-0.05, 0) is 25.2 Å². The van der Waals surface area contributed by atoms with Gasteiger partial charge in [0.25, 0.3) is 0 Å². The van der Waals surface area contributed by atoms with E-state index in [0.717, 1.165) is 19.3 Å². The summed E-state index contributed by atoms with van der Waals surface area (Å²) in [6.45, 7) is 2.33. The monoisotopic (exact) mass is 188 g/mol. The van der Waals surface area contributed by atoms with E-state index in [-0.39, 0.29) is 9.52 Å². The zero-order valence-corrected chi connectivity index (χ0v) is 9.28. The van der Waals surface area contributed by atoms with E-state index in [9.17, 15) is 10.2 Å². The van der Waals surface area contributed by atoms with Crippen LogP contribution in [0.3, 0.4) is 0 Å². The van der Waals surface area contributed by atoms with Crippen molar-refractivity contribution in [1.29, 1.82) is 0 Å². The molecule has 1 fully saturated rings. The SMILES string of the molecule is C[SiH2]CCC1CCC(O)C(O)C1. The fraction of sp³-hybridized carbons (Fsp3) is 1.00. The van der Waals surface area contributed by atoms with Crippen LogP contribution in [-0.4, -0.2) is 31.9 Å². The van der Waals surface area contributed by atoms with Crippen LogP contribution in [0.25, 0.3) is 0 Å². The van der Waals surface area contributed by atoms with Gasteiger partial charge in [0.2, 0.25) is 0 Å². The van der Waals surface area contributed by atoms with E-state index < -0.39 is 12.2 Å². The maximum absolute atomic E-state index is 9.41. The van der Waals surface area contributed by atoms with Gasteiger partial charge in [-0.15, -0.1) is 0 Å². The molecule has 12 heavy (non-hydrogen) atoms. The van der Waals surface area contributed by atoms with Gasteiger partial charge in [0.05, 0.1) is 12.2 Å². The summed E-state index contributed by atoms with van der Waals surface area (Å²) >= 11 is 0. The van der Waals surface area contributed by atoms with Crippen LogP contribution >= 0.6 is 0 Å². The van der Waals surface area contributed by atoms with Crippen molar-refractivity contribution >= 4 is 9.52 Å². The molecule has 0 amide bonds. The molecule has 0 heterocycles.